The number of nitrogen functional groups attached to an aromatic ring is 1. The first-order valence-corrected chi connectivity index (χ1v) is 9.74. The van der Waals surface area contributed by atoms with Gasteiger partial charge in [0.15, 0.2) is 0 Å². The van der Waals surface area contributed by atoms with Crippen LogP contribution in [0, 0.1) is 5.92 Å². The second kappa shape index (κ2) is 9.23. The van der Waals surface area contributed by atoms with Crippen molar-refractivity contribution in [2.24, 2.45) is 5.92 Å². The molecular weight excluding hydrogens is 370 g/mol. The smallest absolute Gasteiger partial charge is 0.354 e. The highest BCUT2D eigenvalue weighted by Crippen LogP contribution is 2.22. The molecule has 3 rings (SSSR count). The molecule has 0 unspecified atom stereocenters. The Balaban J connectivity index is 1.76. The molecule has 1 aliphatic heterocycles. The number of hydrogen-bond acceptors (Lipinski definition) is 5. The number of amides is 2. The molecule has 152 valence electrons. The van der Waals surface area contributed by atoms with Gasteiger partial charge >= 0.3 is 5.97 Å². The predicted molar refractivity (Wildman–Crippen MR) is 111 cm³/mol. The molecule has 1 aliphatic rings. The molecule has 7 nitrogen and oxygen atoms in total. The maximum Gasteiger partial charge on any atom is 0.354 e. The molecule has 0 aliphatic carbocycles. The number of esters is 1. The molecule has 0 radical (unpaired) electrons. The molecule has 0 aromatic heterocycles. The summed E-state index contributed by atoms with van der Waals surface area (Å²) in [5, 5.41) is 7.22. The van der Waals surface area contributed by atoms with Crippen LogP contribution in [0.2, 0.25) is 0 Å². The number of hydrogen-bond donors (Lipinski definition) is 3. The quantitative estimate of drug-likeness (QED) is 0.379. The van der Waals surface area contributed by atoms with Crippen LogP contribution in [0.15, 0.2) is 48.2 Å². The number of anilines is 1. The topological polar surface area (TPSA) is 111 Å². The third kappa shape index (κ3) is 4.93. The van der Waals surface area contributed by atoms with E-state index in [-0.39, 0.29) is 29.7 Å². The van der Waals surface area contributed by atoms with Gasteiger partial charge in [-0.25, -0.2) is 4.79 Å². The Hall–Kier alpha value is -3.35. The van der Waals surface area contributed by atoms with Crippen LogP contribution in [-0.2, 0) is 14.3 Å². The molecule has 1 fully saturated rings. The monoisotopic (exact) mass is 395 g/mol. The molecular formula is C22H25N3O4. The van der Waals surface area contributed by atoms with Crippen molar-refractivity contribution in [3.05, 3.63) is 53.7 Å². The van der Waals surface area contributed by atoms with Crippen molar-refractivity contribution < 1.29 is 19.1 Å². The van der Waals surface area contributed by atoms with Crippen LogP contribution in [-0.4, -0.2) is 30.9 Å². The van der Waals surface area contributed by atoms with Crippen molar-refractivity contribution in [2.75, 3.05) is 18.9 Å². The lowest BCUT2D eigenvalue weighted by atomic mass is 10.0. The average Bonchev–Trinajstić information content (AvgIpc) is 3.11. The Morgan fingerprint density at radius 3 is 2.66 bits per heavy atom. The van der Waals surface area contributed by atoms with Crippen LogP contribution >= 0.6 is 0 Å². The molecule has 4 N–H and O–H groups in total. The average molecular weight is 395 g/mol. The summed E-state index contributed by atoms with van der Waals surface area (Å²) in [6, 6.07) is 11.0. The number of nitrogens with two attached hydrogens (primary N) is 1. The molecule has 2 aromatic carbocycles. The minimum absolute atomic E-state index is 0.0315. The Labute approximate surface area is 169 Å². The van der Waals surface area contributed by atoms with Crippen molar-refractivity contribution in [1.29, 1.82) is 0 Å². The van der Waals surface area contributed by atoms with Gasteiger partial charge in [-0.15, -0.1) is 0 Å². The molecule has 2 aromatic rings. The molecule has 1 heterocycles. The Morgan fingerprint density at radius 2 is 2.00 bits per heavy atom. The van der Waals surface area contributed by atoms with Crippen LogP contribution in [0.4, 0.5) is 5.69 Å². The summed E-state index contributed by atoms with van der Waals surface area (Å²) in [6.45, 7) is 2.56. The van der Waals surface area contributed by atoms with Gasteiger partial charge in [-0.2, -0.15) is 0 Å². The van der Waals surface area contributed by atoms with E-state index in [2.05, 4.69) is 10.6 Å². The molecule has 0 spiro atoms. The van der Waals surface area contributed by atoms with E-state index >= 15 is 0 Å². The second-order valence-corrected chi connectivity index (χ2v) is 6.93. The van der Waals surface area contributed by atoms with Crippen molar-refractivity contribution in [1.82, 2.24) is 10.6 Å². The number of benzene rings is 2. The fourth-order valence-corrected chi connectivity index (χ4v) is 3.39. The zero-order valence-corrected chi connectivity index (χ0v) is 16.4. The van der Waals surface area contributed by atoms with E-state index in [4.69, 9.17) is 10.5 Å². The van der Waals surface area contributed by atoms with Gasteiger partial charge in [-0.05, 0) is 49.1 Å². The molecule has 0 saturated carbocycles. The minimum atomic E-state index is -0.615. The normalized spacial score (nSPS) is 16.5. The lowest BCUT2D eigenvalue weighted by Gasteiger charge is -2.12. The Kier molecular flexibility index (Phi) is 6.49. The third-order valence-electron chi connectivity index (χ3n) is 4.93. The van der Waals surface area contributed by atoms with E-state index < -0.39 is 11.9 Å². The first-order valence-electron chi connectivity index (χ1n) is 9.74. The van der Waals surface area contributed by atoms with Crippen LogP contribution in [0.3, 0.4) is 0 Å². The van der Waals surface area contributed by atoms with Gasteiger partial charge in [-0.3, -0.25) is 9.59 Å². The lowest BCUT2D eigenvalue weighted by molar-refractivity contribution is -0.138. The largest absolute Gasteiger partial charge is 0.461 e. The number of fused-ring (bicyclic) bond motifs is 1. The Morgan fingerprint density at radius 1 is 1.28 bits per heavy atom. The van der Waals surface area contributed by atoms with Gasteiger partial charge in [0.25, 0.3) is 5.91 Å². The van der Waals surface area contributed by atoms with Gasteiger partial charge in [0.2, 0.25) is 5.91 Å². The van der Waals surface area contributed by atoms with Crippen LogP contribution < -0.4 is 16.4 Å². The number of allylic oxidation sites excluding steroid dienone is 1. The van der Waals surface area contributed by atoms with Crippen LogP contribution in [0.5, 0.6) is 0 Å². The summed E-state index contributed by atoms with van der Waals surface area (Å²) in [4.78, 5) is 36.8. The van der Waals surface area contributed by atoms with Crippen molar-refractivity contribution >= 4 is 34.2 Å². The predicted octanol–water partition coefficient (Wildman–Crippen LogP) is 2.52. The second-order valence-electron chi connectivity index (χ2n) is 6.93. The fraction of sp³-hybridized carbons (Fsp3) is 0.318. The summed E-state index contributed by atoms with van der Waals surface area (Å²) in [7, 11) is 0. The number of ether oxygens (including phenoxy) is 1. The van der Waals surface area contributed by atoms with E-state index in [1.807, 2.05) is 24.3 Å². The summed E-state index contributed by atoms with van der Waals surface area (Å²) >= 11 is 0. The summed E-state index contributed by atoms with van der Waals surface area (Å²) in [5.74, 6) is -1.13. The number of nitrogens with one attached hydrogen (secondary N) is 2. The fourth-order valence-electron chi connectivity index (χ4n) is 3.39. The highest BCUT2D eigenvalue weighted by Gasteiger charge is 2.23. The third-order valence-corrected chi connectivity index (χ3v) is 4.93. The van der Waals surface area contributed by atoms with E-state index in [0.717, 1.165) is 17.2 Å². The lowest BCUT2D eigenvalue weighted by Crippen LogP contribution is -2.29. The zero-order valence-electron chi connectivity index (χ0n) is 16.4. The molecule has 1 saturated heterocycles. The van der Waals surface area contributed by atoms with E-state index in [0.29, 0.717) is 25.1 Å². The maximum atomic E-state index is 12.8. The van der Waals surface area contributed by atoms with Gasteiger partial charge in [-0.1, -0.05) is 30.3 Å². The number of carbonyl (C=O) groups excluding carboxylic acids is 3. The van der Waals surface area contributed by atoms with E-state index in [1.54, 1.807) is 25.1 Å². The maximum absolute atomic E-state index is 12.8. The van der Waals surface area contributed by atoms with Crippen molar-refractivity contribution in [3.8, 4) is 0 Å². The van der Waals surface area contributed by atoms with Crippen LogP contribution in [0.1, 0.15) is 36.5 Å². The van der Waals surface area contributed by atoms with Gasteiger partial charge in [0, 0.05) is 18.2 Å². The number of rotatable bonds is 7. The van der Waals surface area contributed by atoms with Crippen molar-refractivity contribution in [2.45, 2.75) is 26.2 Å². The van der Waals surface area contributed by atoms with E-state index in [1.165, 1.54) is 0 Å². The standard InChI is InChI=1S/C22H25N3O4/c1-2-29-22(28)19(9-5-8-14-10-11-24-20(14)26)25-21(27)17-12-15-6-3-4-7-16(15)13-18(17)23/h3-4,6-7,9,12-14H,2,5,8,10-11,23H2,1H3,(H,24,26)(H,25,27)/t14-/m0/s1. The molecule has 2 amide bonds. The molecule has 7 heteroatoms. The molecule has 1 atom stereocenters. The van der Waals surface area contributed by atoms with Gasteiger partial charge in [0.1, 0.15) is 5.70 Å². The highest BCUT2D eigenvalue weighted by atomic mass is 16.5. The summed E-state index contributed by atoms with van der Waals surface area (Å²) in [5.41, 5.74) is 6.73. The number of carbonyl (C=O) groups is 3. The Bertz CT molecular complexity index is 968. The SMILES string of the molecule is CCOC(=O)C(=CCC[C@H]1CCNC1=O)NC(=O)c1cc2ccccc2cc1N. The highest BCUT2D eigenvalue weighted by molar-refractivity contribution is 6.07. The zero-order chi connectivity index (χ0) is 20.8. The summed E-state index contributed by atoms with van der Waals surface area (Å²) in [6.07, 6.45) is 3.46. The first kappa shape index (κ1) is 20.4. The molecule has 29 heavy (non-hydrogen) atoms. The van der Waals surface area contributed by atoms with Crippen molar-refractivity contribution in [3.63, 3.8) is 0 Å². The van der Waals surface area contributed by atoms with Crippen LogP contribution in [0.25, 0.3) is 10.8 Å². The molecule has 0 bridgehead atoms. The first-order chi connectivity index (χ1) is 14.0. The van der Waals surface area contributed by atoms with E-state index in [9.17, 15) is 14.4 Å². The summed E-state index contributed by atoms with van der Waals surface area (Å²) < 4.78 is 5.05. The van der Waals surface area contributed by atoms with Gasteiger partial charge in [0.05, 0.1) is 12.2 Å². The minimum Gasteiger partial charge on any atom is -0.461 e. The van der Waals surface area contributed by atoms with Gasteiger partial charge < -0.3 is 21.1 Å².